The lowest BCUT2D eigenvalue weighted by atomic mass is 10.0. The van der Waals surface area contributed by atoms with Gasteiger partial charge in [0.05, 0.1) is 27.4 Å². The average Bonchev–Trinajstić information content (AvgIpc) is 2.71. The lowest BCUT2D eigenvalue weighted by Gasteiger charge is -2.26. The molecule has 1 aliphatic heterocycles. The molecule has 0 saturated heterocycles. The highest BCUT2D eigenvalue weighted by Crippen LogP contribution is 2.28. The zero-order chi connectivity index (χ0) is 19.2. The van der Waals surface area contributed by atoms with E-state index in [2.05, 4.69) is 10.6 Å². The van der Waals surface area contributed by atoms with Gasteiger partial charge < -0.3 is 29.6 Å². The van der Waals surface area contributed by atoms with Gasteiger partial charge in [-0.3, -0.25) is 0 Å². The minimum Gasteiger partial charge on any atom is -0.497 e. The van der Waals surface area contributed by atoms with Crippen LogP contribution in [0.3, 0.4) is 0 Å². The number of carbonyl (C=O) groups is 1. The minimum atomic E-state index is -0.257. The summed E-state index contributed by atoms with van der Waals surface area (Å²) < 4.78 is 21.5. The lowest BCUT2D eigenvalue weighted by Crippen LogP contribution is -2.47. The molecule has 2 aromatic carbocycles. The van der Waals surface area contributed by atoms with Crippen LogP contribution in [-0.4, -0.2) is 40.0 Å². The quantitative estimate of drug-likeness (QED) is 0.815. The summed E-state index contributed by atoms with van der Waals surface area (Å²) in [7, 11) is 4.81. The van der Waals surface area contributed by atoms with Crippen molar-refractivity contribution in [2.75, 3.05) is 27.9 Å². The normalized spacial score (nSPS) is 15.1. The van der Waals surface area contributed by atoms with Crippen LogP contribution in [0.1, 0.15) is 11.1 Å². The zero-order valence-corrected chi connectivity index (χ0v) is 15.7. The highest BCUT2D eigenvalue weighted by molar-refractivity contribution is 5.74. The molecular weight excluding hydrogens is 348 g/mol. The van der Waals surface area contributed by atoms with Crippen LogP contribution in [0.25, 0.3) is 0 Å². The van der Waals surface area contributed by atoms with E-state index >= 15 is 0 Å². The molecule has 2 aromatic rings. The Hall–Kier alpha value is -3.09. The predicted molar refractivity (Wildman–Crippen MR) is 101 cm³/mol. The number of ether oxygens (including phenoxy) is 4. The molecule has 2 N–H and O–H groups in total. The Morgan fingerprint density at radius 1 is 1.07 bits per heavy atom. The van der Waals surface area contributed by atoms with Crippen molar-refractivity contribution >= 4 is 6.03 Å². The van der Waals surface area contributed by atoms with E-state index in [1.165, 1.54) is 0 Å². The summed E-state index contributed by atoms with van der Waals surface area (Å²) in [4.78, 5) is 12.3. The molecule has 27 heavy (non-hydrogen) atoms. The third-order valence-electron chi connectivity index (χ3n) is 4.44. The molecule has 144 valence electrons. The Bertz CT molecular complexity index is 809. The number of hydrogen-bond acceptors (Lipinski definition) is 5. The second-order valence-corrected chi connectivity index (χ2v) is 6.19. The summed E-state index contributed by atoms with van der Waals surface area (Å²) in [5.74, 6) is 2.97. The zero-order valence-electron chi connectivity index (χ0n) is 15.7. The summed E-state index contributed by atoms with van der Waals surface area (Å²) in [5.41, 5.74) is 1.88. The number of benzene rings is 2. The van der Waals surface area contributed by atoms with Crippen molar-refractivity contribution in [2.24, 2.45) is 0 Å². The molecule has 0 unspecified atom stereocenters. The second kappa shape index (κ2) is 8.53. The first kappa shape index (κ1) is 18.7. The topological polar surface area (TPSA) is 78.1 Å². The van der Waals surface area contributed by atoms with Gasteiger partial charge in [-0.05, 0) is 42.3 Å². The molecule has 7 nitrogen and oxygen atoms in total. The monoisotopic (exact) mass is 372 g/mol. The number of hydrogen-bond donors (Lipinski definition) is 2. The number of urea groups is 1. The molecule has 1 aliphatic rings. The van der Waals surface area contributed by atoms with Crippen molar-refractivity contribution in [3.8, 4) is 23.0 Å². The highest BCUT2D eigenvalue weighted by atomic mass is 16.5. The fraction of sp³-hybridized carbons (Fsp3) is 0.350. The number of fused-ring (bicyclic) bond motifs is 1. The molecule has 1 atom stereocenters. The molecule has 1 heterocycles. The van der Waals surface area contributed by atoms with Crippen LogP contribution in [0.4, 0.5) is 4.79 Å². The number of nitrogens with one attached hydrogen (secondary N) is 2. The van der Waals surface area contributed by atoms with Crippen LogP contribution in [-0.2, 0) is 13.0 Å². The highest BCUT2D eigenvalue weighted by Gasteiger charge is 2.22. The van der Waals surface area contributed by atoms with Crippen molar-refractivity contribution in [3.05, 3.63) is 47.5 Å². The van der Waals surface area contributed by atoms with Crippen LogP contribution in [0.2, 0.25) is 0 Å². The molecule has 0 fully saturated rings. The van der Waals surface area contributed by atoms with E-state index < -0.39 is 0 Å². The largest absolute Gasteiger partial charge is 0.497 e. The smallest absolute Gasteiger partial charge is 0.315 e. The van der Waals surface area contributed by atoms with Gasteiger partial charge in [0.2, 0.25) is 0 Å². The van der Waals surface area contributed by atoms with Gasteiger partial charge in [-0.2, -0.15) is 0 Å². The van der Waals surface area contributed by atoms with Crippen LogP contribution < -0.4 is 29.6 Å². The molecule has 2 amide bonds. The standard InChI is InChI=1S/C20H24N2O5/c1-24-16-6-7-18-14(9-16)8-15(12-27-18)22-20(23)21-11-13-4-5-17(25-2)10-19(13)26-3/h4-7,9-10,15H,8,11-12H2,1-3H3,(H2,21,22,23)/t15-/m1/s1. The molecule has 0 spiro atoms. The van der Waals surface area contributed by atoms with Crippen molar-refractivity contribution in [1.82, 2.24) is 10.6 Å². The van der Waals surface area contributed by atoms with E-state index in [1.807, 2.05) is 30.3 Å². The second-order valence-electron chi connectivity index (χ2n) is 6.19. The van der Waals surface area contributed by atoms with Gasteiger partial charge in [-0.15, -0.1) is 0 Å². The number of carbonyl (C=O) groups excluding carboxylic acids is 1. The molecule has 0 aromatic heterocycles. The summed E-state index contributed by atoms with van der Waals surface area (Å²) in [5, 5.41) is 5.80. The van der Waals surface area contributed by atoms with E-state index in [0.717, 1.165) is 22.6 Å². The third-order valence-corrected chi connectivity index (χ3v) is 4.44. The third kappa shape index (κ3) is 4.55. The van der Waals surface area contributed by atoms with E-state index in [4.69, 9.17) is 18.9 Å². The Morgan fingerprint density at radius 3 is 2.56 bits per heavy atom. The molecule has 0 aliphatic carbocycles. The van der Waals surface area contributed by atoms with Gasteiger partial charge in [0, 0.05) is 18.2 Å². The fourth-order valence-corrected chi connectivity index (χ4v) is 3.00. The van der Waals surface area contributed by atoms with E-state index in [-0.39, 0.29) is 12.1 Å². The van der Waals surface area contributed by atoms with E-state index in [1.54, 1.807) is 27.4 Å². The fourth-order valence-electron chi connectivity index (χ4n) is 3.00. The molecule has 0 radical (unpaired) electrons. The summed E-state index contributed by atoms with van der Waals surface area (Å²) in [6.45, 7) is 0.773. The summed E-state index contributed by atoms with van der Waals surface area (Å²) in [6.07, 6.45) is 0.686. The maximum atomic E-state index is 12.3. The van der Waals surface area contributed by atoms with Crippen LogP contribution >= 0.6 is 0 Å². The van der Waals surface area contributed by atoms with E-state index in [9.17, 15) is 4.79 Å². The van der Waals surface area contributed by atoms with E-state index in [0.29, 0.717) is 31.1 Å². The predicted octanol–water partition coefficient (Wildman–Crippen LogP) is 2.52. The van der Waals surface area contributed by atoms with Crippen molar-refractivity contribution in [1.29, 1.82) is 0 Å². The van der Waals surface area contributed by atoms with Crippen molar-refractivity contribution < 1.29 is 23.7 Å². The van der Waals surface area contributed by atoms with Crippen LogP contribution in [0.15, 0.2) is 36.4 Å². The minimum absolute atomic E-state index is 0.109. The number of amides is 2. The van der Waals surface area contributed by atoms with Crippen molar-refractivity contribution in [3.63, 3.8) is 0 Å². The van der Waals surface area contributed by atoms with Crippen molar-refractivity contribution in [2.45, 2.75) is 19.0 Å². The first-order valence-electron chi connectivity index (χ1n) is 8.68. The maximum Gasteiger partial charge on any atom is 0.315 e. The molecule has 0 saturated carbocycles. The van der Waals surface area contributed by atoms with Crippen LogP contribution in [0, 0.1) is 0 Å². The average molecular weight is 372 g/mol. The molecule has 3 rings (SSSR count). The first-order valence-corrected chi connectivity index (χ1v) is 8.68. The first-order chi connectivity index (χ1) is 13.1. The lowest BCUT2D eigenvalue weighted by molar-refractivity contribution is 0.214. The molecular formula is C20H24N2O5. The SMILES string of the molecule is COc1ccc2c(c1)C[C@@H](NC(=O)NCc1ccc(OC)cc1OC)CO2. The van der Waals surface area contributed by atoms with Crippen LogP contribution in [0.5, 0.6) is 23.0 Å². The Balaban J connectivity index is 1.55. The van der Waals surface area contributed by atoms with Gasteiger partial charge in [-0.25, -0.2) is 4.79 Å². The van der Waals surface area contributed by atoms with Gasteiger partial charge in [0.1, 0.15) is 29.6 Å². The summed E-state index contributed by atoms with van der Waals surface area (Å²) >= 11 is 0. The van der Waals surface area contributed by atoms with Gasteiger partial charge in [-0.1, -0.05) is 0 Å². The maximum absolute atomic E-state index is 12.3. The molecule has 0 bridgehead atoms. The van der Waals surface area contributed by atoms with Gasteiger partial charge >= 0.3 is 6.03 Å². The summed E-state index contributed by atoms with van der Waals surface area (Å²) in [6, 6.07) is 10.8. The Labute approximate surface area is 158 Å². The van der Waals surface area contributed by atoms with Gasteiger partial charge in [0.15, 0.2) is 0 Å². The van der Waals surface area contributed by atoms with Gasteiger partial charge in [0.25, 0.3) is 0 Å². The Kier molecular flexibility index (Phi) is 5.90. The molecule has 7 heteroatoms. The number of methoxy groups -OCH3 is 3. The number of rotatable bonds is 6. The Morgan fingerprint density at radius 2 is 1.81 bits per heavy atom.